The first-order valence-corrected chi connectivity index (χ1v) is 10.2. The number of rotatable bonds is 4. The van der Waals surface area contributed by atoms with Gasteiger partial charge in [-0.1, -0.05) is 0 Å². The second-order valence-corrected chi connectivity index (χ2v) is 8.21. The highest BCUT2D eigenvalue weighted by atomic mass is 19.4. The number of piperidine rings is 1. The molecule has 1 aliphatic rings. The van der Waals surface area contributed by atoms with Gasteiger partial charge in [0.1, 0.15) is 5.75 Å². The molecule has 3 aromatic rings. The lowest BCUT2D eigenvalue weighted by atomic mass is 9.98. The molecule has 0 radical (unpaired) electrons. The van der Waals surface area contributed by atoms with Crippen molar-refractivity contribution in [3.8, 4) is 17.0 Å². The average Bonchev–Trinajstić information content (AvgIpc) is 3.08. The van der Waals surface area contributed by atoms with Crippen LogP contribution in [0.25, 0.3) is 22.5 Å². The molecule has 1 atom stereocenters. The summed E-state index contributed by atoms with van der Waals surface area (Å²) in [5.41, 5.74) is -0.0298. The largest absolute Gasteiger partial charge is 0.507 e. The van der Waals surface area contributed by atoms with Crippen molar-refractivity contribution in [3.63, 3.8) is 0 Å². The topological polar surface area (TPSA) is 91.5 Å². The number of carbonyl (C=O) groups excluding carboxylic acids is 1. The van der Waals surface area contributed by atoms with Crippen LogP contribution in [0, 0.1) is 6.92 Å². The van der Waals surface area contributed by atoms with Gasteiger partial charge in [-0.2, -0.15) is 18.2 Å². The zero-order chi connectivity index (χ0) is 23.2. The lowest BCUT2D eigenvalue weighted by Gasteiger charge is -2.29. The molecule has 1 fully saturated rings. The average molecular weight is 448 g/mol. The molecule has 0 saturated carbocycles. The van der Waals surface area contributed by atoms with E-state index >= 15 is 0 Å². The number of aryl methyl sites for hydroxylation is 1. The van der Waals surface area contributed by atoms with E-state index in [9.17, 15) is 23.1 Å². The van der Waals surface area contributed by atoms with Gasteiger partial charge in [-0.25, -0.2) is 4.98 Å². The highest BCUT2D eigenvalue weighted by Crippen LogP contribution is 2.39. The predicted octanol–water partition coefficient (Wildman–Crippen LogP) is 4.63. The van der Waals surface area contributed by atoms with E-state index in [1.54, 1.807) is 0 Å². The maximum atomic E-state index is 13.1. The number of nitrogens with one attached hydrogen (secondary N) is 1. The maximum absolute atomic E-state index is 13.1. The van der Waals surface area contributed by atoms with Crippen LogP contribution in [0.5, 0.6) is 5.75 Å². The molecule has 0 aliphatic carbocycles. The Morgan fingerprint density at radius 2 is 2.03 bits per heavy atom. The minimum absolute atomic E-state index is 0.105. The fourth-order valence-electron chi connectivity index (χ4n) is 4.09. The third-order valence-corrected chi connectivity index (χ3v) is 5.59. The number of Topliss-reactive ketones (excluding diaryl/α,β-unsaturated/α-hetero) is 1. The van der Waals surface area contributed by atoms with Crippen LogP contribution >= 0.6 is 0 Å². The molecule has 2 aromatic heterocycles. The second kappa shape index (κ2) is 8.09. The number of carbonyl (C=O) groups is 1. The second-order valence-electron chi connectivity index (χ2n) is 8.21. The molecule has 0 spiro atoms. The molecule has 10 heteroatoms. The first kappa shape index (κ1) is 22.1. The van der Waals surface area contributed by atoms with Gasteiger partial charge in [-0.05, 0) is 64.0 Å². The third kappa shape index (κ3) is 4.27. The molecule has 2 N–H and O–H groups in total. The van der Waals surface area contributed by atoms with Crippen molar-refractivity contribution in [2.75, 3.05) is 25.5 Å². The number of fused-ring (bicyclic) bond motifs is 1. The van der Waals surface area contributed by atoms with Gasteiger partial charge in [0.25, 0.3) is 6.01 Å². The van der Waals surface area contributed by atoms with Crippen LogP contribution in [-0.4, -0.2) is 51.9 Å². The highest BCUT2D eigenvalue weighted by Gasteiger charge is 2.32. The van der Waals surface area contributed by atoms with Crippen LogP contribution in [-0.2, 0) is 6.18 Å². The Hall–Kier alpha value is -3.14. The van der Waals surface area contributed by atoms with Crippen molar-refractivity contribution in [2.24, 2.45) is 0 Å². The lowest BCUT2D eigenvalue weighted by Crippen LogP contribution is -2.39. The number of hydrogen-bond acceptors (Lipinski definition) is 7. The molecular weight excluding hydrogens is 425 g/mol. The quantitative estimate of drug-likeness (QED) is 0.562. The van der Waals surface area contributed by atoms with E-state index in [0.29, 0.717) is 6.07 Å². The van der Waals surface area contributed by atoms with Gasteiger partial charge in [-0.3, -0.25) is 4.79 Å². The molecule has 1 saturated heterocycles. The van der Waals surface area contributed by atoms with Gasteiger partial charge >= 0.3 is 6.18 Å². The summed E-state index contributed by atoms with van der Waals surface area (Å²) >= 11 is 0. The van der Waals surface area contributed by atoms with E-state index in [1.807, 2.05) is 7.05 Å². The standard InChI is InChI=1S/C22H23F3N4O3/c1-11-7-13(22(23,24)25)8-17(31)18(11)16-9-15(12(2)30)19-20(27-16)28-21(32-19)26-14-5-4-6-29(3)10-14/h7-9,14,31H,4-6,10H2,1-3H3,(H,26,27,28). The highest BCUT2D eigenvalue weighted by molar-refractivity contribution is 6.05. The van der Waals surface area contributed by atoms with E-state index < -0.39 is 17.5 Å². The molecule has 0 bridgehead atoms. The summed E-state index contributed by atoms with van der Waals surface area (Å²) in [6.07, 6.45) is -2.62. The van der Waals surface area contributed by atoms with E-state index in [4.69, 9.17) is 4.42 Å². The Bertz CT molecular complexity index is 1170. The number of likely N-dealkylation sites (tertiary alicyclic amines) is 1. The molecule has 170 valence electrons. The van der Waals surface area contributed by atoms with E-state index in [2.05, 4.69) is 20.2 Å². The van der Waals surface area contributed by atoms with Gasteiger partial charge in [-0.15, -0.1) is 0 Å². The van der Waals surface area contributed by atoms with Crippen molar-refractivity contribution >= 4 is 23.0 Å². The number of aromatic nitrogens is 2. The zero-order valence-electron chi connectivity index (χ0n) is 17.9. The number of ketones is 1. The van der Waals surface area contributed by atoms with E-state index in [0.717, 1.165) is 32.0 Å². The van der Waals surface area contributed by atoms with Crippen LogP contribution in [0.15, 0.2) is 22.6 Å². The molecule has 4 rings (SSSR count). The van der Waals surface area contributed by atoms with Crippen LogP contribution < -0.4 is 5.32 Å². The lowest BCUT2D eigenvalue weighted by molar-refractivity contribution is -0.137. The maximum Gasteiger partial charge on any atom is 0.416 e. The van der Waals surface area contributed by atoms with Crippen molar-refractivity contribution in [3.05, 3.63) is 34.9 Å². The van der Waals surface area contributed by atoms with Gasteiger partial charge in [0.2, 0.25) is 5.65 Å². The third-order valence-electron chi connectivity index (χ3n) is 5.59. The van der Waals surface area contributed by atoms with Crippen molar-refractivity contribution in [2.45, 2.75) is 38.9 Å². The Morgan fingerprint density at radius 3 is 2.66 bits per heavy atom. The van der Waals surface area contributed by atoms with E-state index in [1.165, 1.54) is 19.9 Å². The molecule has 7 nitrogen and oxygen atoms in total. The van der Waals surface area contributed by atoms with Crippen molar-refractivity contribution < 1.29 is 27.5 Å². The fourth-order valence-corrected chi connectivity index (χ4v) is 4.09. The molecule has 3 heterocycles. The van der Waals surface area contributed by atoms with Gasteiger partial charge < -0.3 is 19.7 Å². The van der Waals surface area contributed by atoms with Crippen molar-refractivity contribution in [1.82, 2.24) is 14.9 Å². The Morgan fingerprint density at radius 1 is 1.28 bits per heavy atom. The number of nitrogens with zero attached hydrogens (tertiary/aromatic N) is 3. The molecule has 0 amide bonds. The molecule has 1 aliphatic heterocycles. The van der Waals surface area contributed by atoms with Crippen LogP contribution in [0.2, 0.25) is 0 Å². The number of halogens is 3. The Balaban J connectivity index is 1.78. The summed E-state index contributed by atoms with van der Waals surface area (Å²) in [7, 11) is 2.03. The van der Waals surface area contributed by atoms with Crippen LogP contribution in [0.3, 0.4) is 0 Å². The molecule has 32 heavy (non-hydrogen) atoms. The number of alkyl halides is 3. The summed E-state index contributed by atoms with van der Waals surface area (Å²) in [5, 5.41) is 13.6. The first-order chi connectivity index (χ1) is 15.0. The summed E-state index contributed by atoms with van der Waals surface area (Å²) < 4.78 is 45.0. The Kier molecular flexibility index (Phi) is 5.58. The number of oxazole rings is 1. The number of anilines is 1. The normalized spacial score (nSPS) is 17.6. The van der Waals surface area contributed by atoms with E-state index in [-0.39, 0.29) is 51.5 Å². The first-order valence-electron chi connectivity index (χ1n) is 10.2. The van der Waals surface area contributed by atoms with Gasteiger partial charge in [0.05, 0.1) is 16.8 Å². The summed E-state index contributed by atoms with van der Waals surface area (Å²) in [6.45, 7) is 4.62. The van der Waals surface area contributed by atoms with Crippen molar-refractivity contribution in [1.29, 1.82) is 0 Å². The van der Waals surface area contributed by atoms with Gasteiger partial charge in [0.15, 0.2) is 11.4 Å². The SMILES string of the molecule is CC(=O)c1cc(-c2c(C)cc(C(F)(F)F)cc2O)nc2nc(NC3CCCN(C)C3)oc12. The number of likely N-dealkylation sites (N-methyl/N-ethyl adjacent to an activating group) is 1. The minimum Gasteiger partial charge on any atom is -0.507 e. The zero-order valence-corrected chi connectivity index (χ0v) is 17.9. The fraction of sp³-hybridized carbons (Fsp3) is 0.409. The number of phenolic OH excluding ortho intramolecular Hbond substituents is 1. The molecule has 1 aromatic carbocycles. The Labute approximate surface area is 182 Å². The predicted molar refractivity (Wildman–Crippen MR) is 113 cm³/mol. The number of hydrogen-bond donors (Lipinski definition) is 2. The number of pyridine rings is 1. The van der Waals surface area contributed by atoms with Crippen LogP contribution in [0.4, 0.5) is 19.2 Å². The number of aromatic hydroxyl groups is 1. The van der Waals surface area contributed by atoms with Crippen LogP contribution in [0.1, 0.15) is 41.3 Å². The number of phenols is 1. The molecule has 1 unspecified atom stereocenters. The molecular formula is C22H23F3N4O3. The minimum atomic E-state index is -4.59. The van der Waals surface area contributed by atoms with Gasteiger partial charge in [0, 0.05) is 18.2 Å². The summed E-state index contributed by atoms with van der Waals surface area (Å²) in [6, 6.07) is 3.34. The smallest absolute Gasteiger partial charge is 0.416 e. The summed E-state index contributed by atoms with van der Waals surface area (Å²) in [5.74, 6) is -0.895. The summed E-state index contributed by atoms with van der Waals surface area (Å²) in [4.78, 5) is 23.2. The number of benzene rings is 1. The monoisotopic (exact) mass is 448 g/mol.